The Morgan fingerprint density at radius 2 is 1.38 bits per heavy atom. The molecule has 1 atom stereocenters. The van der Waals surface area contributed by atoms with Crippen molar-refractivity contribution in [3.05, 3.63) is 126 Å². The predicted octanol–water partition coefficient (Wildman–Crippen LogP) is 7.42. The van der Waals surface area contributed by atoms with Gasteiger partial charge < -0.3 is 4.42 Å². The van der Waals surface area contributed by atoms with Gasteiger partial charge in [0.1, 0.15) is 11.3 Å². The molecule has 0 aliphatic rings. The number of fused-ring (bicyclic) bond motifs is 1. The highest BCUT2D eigenvalue weighted by atomic mass is 32.2. The molecule has 0 spiro atoms. The zero-order valence-electron chi connectivity index (χ0n) is 18.5. The molecular formula is C28H23NO3S2. The molecule has 5 rings (SSSR count). The lowest BCUT2D eigenvalue weighted by Gasteiger charge is -2.18. The summed E-state index contributed by atoms with van der Waals surface area (Å²) in [6.07, 6.45) is 0. The highest BCUT2D eigenvalue weighted by Gasteiger charge is 2.28. The van der Waals surface area contributed by atoms with Crippen molar-refractivity contribution in [2.24, 2.45) is 0 Å². The summed E-state index contributed by atoms with van der Waals surface area (Å²) in [6.45, 7) is 1.93. The first-order chi connectivity index (χ1) is 16.5. The van der Waals surface area contributed by atoms with Gasteiger partial charge >= 0.3 is 0 Å². The molecule has 1 unspecified atom stereocenters. The van der Waals surface area contributed by atoms with Crippen LogP contribution < -0.4 is 4.72 Å². The zero-order chi connectivity index (χ0) is 23.5. The largest absolute Gasteiger partial charge is 0.457 e. The van der Waals surface area contributed by atoms with E-state index in [1.54, 1.807) is 36.0 Å². The second-order valence-electron chi connectivity index (χ2n) is 7.98. The van der Waals surface area contributed by atoms with Crippen LogP contribution in [0.5, 0.6) is 0 Å². The molecule has 1 heterocycles. The lowest BCUT2D eigenvalue weighted by molar-refractivity contribution is 0.560. The standard InChI is InChI=1S/C28H23NO3S2/c1-20-16-18-23(19-17-20)34(30,31)29-26-24-14-8-9-15-25(24)32-27(26)28(21-10-4-2-5-11-21)33-22-12-6-3-7-13-22/h2-19,28-29H,1H3. The van der Waals surface area contributed by atoms with Gasteiger partial charge in [-0.15, -0.1) is 11.8 Å². The van der Waals surface area contributed by atoms with Crippen molar-refractivity contribution in [2.45, 2.75) is 22.0 Å². The van der Waals surface area contributed by atoms with E-state index < -0.39 is 10.0 Å². The van der Waals surface area contributed by atoms with Gasteiger partial charge in [0.2, 0.25) is 0 Å². The van der Waals surface area contributed by atoms with E-state index in [0.717, 1.165) is 21.4 Å². The second kappa shape index (κ2) is 9.41. The number of rotatable bonds is 7. The summed E-state index contributed by atoms with van der Waals surface area (Å²) in [7, 11) is -3.82. The normalized spacial score (nSPS) is 12.5. The lowest BCUT2D eigenvalue weighted by Crippen LogP contribution is -2.14. The summed E-state index contributed by atoms with van der Waals surface area (Å²) >= 11 is 1.62. The van der Waals surface area contributed by atoms with Gasteiger partial charge in [0, 0.05) is 10.3 Å². The van der Waals surface area contributed by atoms with Crippen molar-refractivity contribution in [1.82, 2.24) is 0 Å². The van der Waals surface area contributed by atoms with Gasteiger partial charge in [-0.1, -0.05) is 78.4 Å². The molecule has 0 bridgehead atoms. The van der Waals surface area contributed by atoms with Crippen LogP contribution in [0.15, 0.2) is 123 Å². The van der Waals surface area contributed by atoms with Crippen LogP contribution in [0, 0.1) is 6.92 Å². The minimum atomic E-state index is -3.82. The summed E-state index contributed by atoms with van der Waals surface area (Å²) in [5.74, 6) is 0.567. The Labute approximate surface area is 203 Å². The number of furan rings is 1. The number of hydrogen-bond donors (Lipinski definition) is 1. The first kappa shape index (κ1) is 22.3. The molecule has 34 heavy (non-hydrogen) atoms. The monoisotopic (exact) mass is 485 g/mol. The molecule has 170 valence electrons. The highest BCUT2D eigenvalue weighted by molar-refractivity contribution is 7.99. The maximum Gasteiger partial charge on any atom is 0.262 e. The molecule has 0 amide bonds. The van der Waals surface area contributed by atoms with Crippen LogP contribution in [0.3, 0.4) is 0 Å². The summed E-state index contributed by atoms with van der Waals surface area (Å²) in [5, 5.41) is 0.467. The van der Waals surface area contributed by atoms with Crippen molar-refractivity contribution in [2.75, 3.05) is 4.72 Å². The van der Waals surface area contributed by atoms with E-state index in [0.29, 0.717) is 17.0 Å². The van der Waals surface area contributed by atoms with Gasteiger partial charge in [-0.3, -0.25) is 4.72 Å². The first-order valence-electron chi connectivity index (χ1n) is 10.9. The summed E-state index contributed by atoms with van der Waals surface area (Å²) in [4.78, 5) is 1.27. The minimum Gasteiger partial charge on any atom is -0.457 e. The molecule has 4 nitrogen and oxygen atoms in total. The van der Waals surface area contributed by atoms with E-state index in [2.05, 4.69) is 4.72 Å². The van der Waals surface area contributed by atoms with E-state index in [-0.39, 0.29) is 10.1 Å². The SMILES string of the molecule is Cc1ccc(S(=O)(=O)Nc2c(C(Sc3ccccc3)c3ccccc3)oc3ccccc23)cc1. The highest BCUT2D eigenvalue weighted by Crippen LogP contribution is 2.47. The average molecular weight is 486 g/mol. The maximum absolute atomic E-state index is 13.4. The maximum atomic E-state index is 13.4. The van der Waals surface area contributed by atoms with Gasteiger partial charge in [-0.25, -0.2) is 8.42 Å². The van der Waals surface area contributed by atoms with Crippen LogP contribution in [-0.2, 0) is 10.0 Å². The number of sulfonamides is 1. The zero-order valence-corrected chi connectivity index (χ0v) is 20.1. The summed E-state index contributed by atoms with van der Waals surface area (Å²) in [5.41, 5.74) is 3.12. The number of para-hydroxylation sites is 1. The Morgan fingerprint density at radius 3 is 2.09 bits per heavy atom. The molecule has 4 aromatic carbocycles. The number of hydrogen-bond acceptors (Lipinski definition) is 4. The van der Waals surface area contributed by atoms with Crippen LogP contribution in [0.1, 0.15) is 22.1 Å². The van der Waals surface area contributed by atoms with Crippen molar-refractivity contribution >= 4 is 38.4 Å². The third-order valence-electron chi connectivity index (χ3n) is 5.53. The van der Waals surface area contributed by atoms with Gasteiger partial charge in [0.15, 0.2) is 0 Å². The third kappa shape index (κ3) is 4.60. The fraction of sp³-hybridized carbons (Fsp3) is 0.0714. The van der Waals surface area contributed by atoms with Crippen LogP contribution in [0.2, 0.25) is 0 Å². The average Bonchev–Trinajstić information content (AvgIpc) is 3.21. The molecule has 0 aliphatic carbocycles. The van der Waals surface area contributed by atoms with E-state index in [4.69, 9.17) is 4.42 Å². The van der Waals surface area contributed by atoms with E-state index in [9.17, 15) is 8.42 Å². The van der Waals surface area contributed by atoms with Crippen molar-refractivity contribution < 1.29 is 12.8 Å². The fourth-order valence-corrected chi connectivity index (χ4v) is 6.05. The Balaban J connectivity index is 1.66. The molecule has 0 aliphatic heterocycles. The van der Waals surface area contributed by atoms with Crippen LogP contribution in [0.25, 0.3) is 11.0 Å². The van der Waals surface area contributed by atoms with Gasteiger partial charge in [-0.05, 0) is 48.9 Å². The number of nitrogens with one attached hydrogen (secondary N) is 1. The third-order valence-corrected chi connectivity index (χ3v) is 8.16. The molecule has 0 radical (unpaired) electrons. The lowest BCUT2D eigenvalue weighted by atomic mass is 10.1. The van der Waals surface area contributed by atoms with E-state index in [1.165, 1.54) is 0 Å². The topological polar surface area (TPSA) is 59.3 Å². The smallest absolute Gasteiger partial charge is 0.262 e. The van der Waals surface area contributed by atoms with Crippen LogP contribution in [0.4, 0.5) is 5.69 Å². The Bertz CT molecular complexity index is 1510. The Kier molecular flexibility index (Phi) is 6.18. The van der Waals surface area contributed by atoms with Gasteiger partial charge in [0.25, 0.3) is 10.0 Å². The predicted molar refractivity (Wildman–Crippen MR) is 139 cm³/mol. The quantitative estimate of drug-likeness (QED) is 0.244. The second-order valence-corrected chi connectivity index (χ2v) is 10.8. The van der Waals surface area contributed by atoms with E-state index >= 15 is 0 Å². The Morgan fingerprint density at radius 1 is 0.765 bits per heavy atom. The number of aryl methyl sites for hydroxylation is 1. The number of anilines is 1. The van der Waals surface area contributed by atoms with Crippen molar-refractivity contribution in [3.8, 4) is 0 Å². The molecule has 6 heteroatoms. The number of thioether (sulfide) groups is 1. The Hall–Kier alpha value is -3.48. The molecule has 0 saturated heterocycles. The fourth-order valence-electron chi connectivity index (χ4n) is 3.80. The first-order valence-corrected chi connectivity index (χ1v) is 13.2. The van der Waals surface area contributed by atoms with Gasteiger partial charge in [0.05, 0.1) is 15.8 Å². The molecule has 0 saturated carbocycles. The van der Waals surface area contributed by atoms with E-state index in [1.807, 2.05) is 91.9 Å². The number of benzene rings is 4. The summed E-state index contributed by atoms with van der Waals surface area (Å²) < 4.78 is 35.9. The molecule has 5 aromatic rings. The van der Waals surface area contributed by atoms with Crippen molar-refractivity contribution in [3.63, 3.8) is 0 Å². The molecule has 1 aromatic heterocycles. The van der Waals surface area contributed by atoms with Gasteiger partial charge in [-0.2, -0.15) is 0 Å². The molecule has 0 fully saturated rings. The molecule has 1 N–H and O–H groups in total. The minimum absolute atomic E-state index is 0.210. The summed E-state index contributed by atoms with van der Waals surface area (Å²) in [6, 6.07) is 34.4. The van der Waals surface area contributed by atoms with Crippen LogP contribution in [-0.4, -0.2) is 8.42 Å². The van der Waals surface area contributed by atoms with Crippen molar-refractivity contribution in [1.29, 1.82) is 0 Å². The van der Waals surface area contributed by atoms with Crippen LogP contribution >= 0.6 is 11.8 Å². The molecular weight excluding hydrogens is 462 g/mol.